The minimum absolute atomic E-state index is 0.0300. The number of benzene rings is 2. The van der Waals surface area contributed by atoms with Crippen molar-refractivity contribution in [1.82, 2.24) is 10.2 Å². The monoisotopic (exact) mass is 464 g/mol. The first-order valence-corrected chi connectivity index (χ1v) is 12.0. The van der Waals surface area contributed by atoms with Crippen LogP contribution < -0.4 is 5.32 Å². The van der Waals surface area contributed by atoms with E-state index >= 15 is 0 Å². The standard InChI is InChI=1S/C27H32N2O5/c1-17(26(32)29-14-8-7-9-19(29)15-25(30)31)18(2)28-27(33)34-16-24-22-12-5-3-10-20(22)21-11-4-6-13-23(21)24/h3-6,10-13,17-19,24H,7-9,14-16H2,1-2H3,(H,28,33)(H,30,31). The summed E-state index contributed by atoms with van der Waals surface area (Å²) in [6.07, 6.45) is 1.87. The number of rotatable bonds is 7. The molecule has 0 bridgehead atoms. The molecule has 0 radical (unpaired) electrons. The van der Waals surface area contributed by atoms with E-state index in [4.69, 9.17) is 4.74 Å². The zero-order valence-electron chi connectivity index (χ0n) is 19.7. The number of carboxylic acid groups (broad SMARTS) is 1. The van der Waals surface area contributed by atoms with Crippen molar-refractivity contribution in [2.75, 3.05) is 13.2 Å². The van der Waals surface area contributed by atoms with Crippen molar-refractivity contribution < 1.29 is 24.2 Å². The first kappa shape index (κ1) is 23.8. The minimum Gasteiger partial charge on any atom is -0.481 e. The molecule has 2 N–H and O–H groups in total. The van der Waals surface area contributed by atoms with E-state index in [1.165, 1.54) is 0 Å². The minimum atomic E-state index is -0.901. The molecule has 3 atom stereocenters. The summed E-state index contributed by atoms with van der Waals surface area (Å²) in [4.78, 5) is 38.6. The Labute approximate surface area is 200 Å². The first-order valence-electron chi connectivity index (χ1n) is 12.0. The molecule has 1 heterocycles. The lowest BCUT2D eigenvalue weighted by Gasteiger charge is -2.37. The summed E-state index contributed by atoms with van der Waals surface area (Å²) < 4.78 is 5.61. The molecule has 2 aliphatic rings. The Balaban J connectivity index is 1.35. The molecule has 1 saturated heterocycles. The van der Waals surface area contributed by atoms with E-state index < -0.39 is 24.0 Å². The third-order valence-corrected chi connectivity index (χ3v) is 7.15. The van der Waals surface area contributed by atoms with Gasteiger partial charge in [0.1, 0.15) is 6.61 Å². The Hall–Kier alpha value is -3.35. The fourth-order valence-electron chi connectivity index (χ4n) is 5.13. The molecule has 1 fully saturated rings. The lowest BCUT2D eigenvalue weighted by Crippen LogP contribution is -2.51. The van der Waals surface area contributed by atoms with Crippen LogP contribution in [0, 0.1) is 5.92 Å². The Morgan fingerprint density at radius 1 is 1.03 bits per heavy atom. The van der Waals surface area contributed by atoms with E-state index in [-0.39, 0.29) is 30.9 Å². The van der Waals surface area contributed by atoms with Crippen LogP contribution in [0.5, 0.6) is 0 Å². The number of aliphatic carboxylic acids is 1. The second-order valence-electron chi connectivity index (χ2n) is 9.33. The largest absolute Gasteiger partial charge is 0.481 e. The van der Waals surface area contributed by atoms with Crippen LogP contribution in [0.15, 0.2) is 48.5 Å². The van der Waals surface area contributed by atoms with Gasteiger partial charge in [-0.05, 0) is 48.4 Å². The average molecular weight is 465 g/mol. The predicted octanol–water partition coefficient (Wildman–Crippen LogP) is 4.41. The number of hydrogen-bond acceptors (Lipinski definition) is 4. The van der Waals surface area contributed by atoms with E-state index in [1.54, 1.807) is 18.7 Å². The zero-order chi connectivity index (χ0) is 24.2. The first-order chi connectivity index (χ1) is 16.4. The van der Waals surface area contributed by atoms with Crippen LogP contribution in [0.4, 0.5) is 4.79 Å². The Bertz CT molecular complexity index is 1020. The molecule has 4 rings (SSSR count). The molecule has 2 amide bonds. The average Bonchev–Trinajstić information content (AvgIpc) is 3.15. The fraction of sp³-hybridized carbons (Fsp3) is 0.444. The second-order valence-corrected chi connectivity index (χ2v) is 9.33. The highest BCUT2D eigenvalue weighted by Crippen LogP contribution is 2.44. The third-order valence-electron chi connectivity index (χ3n) is 7.15. The predicted molar refractivity (Wildman–Crippen MR) is 128 cm³/mol. The maximum Gasteiger partial charge on any atom is 0.407 e. The number of amides is 2. The highest BCUT2D eigenvalue weighted by Gasteiger charge is 2.34. The lowest BCUT2D eigenvalue weighted by atomic mass is 9.95. The van der Waals surface area contributed by atoms with Gasteiger partial charge in [-0.25, -0.2) is 4.79 Å². The van der Waals surface area contributed by atoms with Gasteiger partial charge in [-0.3, -0.25) is 9.59 Å². The smallest absolute Gasteiger partial charge is 0.407 e. The summed E-state index contributed by atoms with van der Waals surface area (Å²) in [7, 11) is 0. The quantitative estimate of drug-likeness (QED) is 0.633. The number of hydrogen-bond donors (Lipinski definition) is 2. The number of likely N-dealkylation sites (tertiary alicyclic amines) is 1. The summed E-state index contributed by atoms with van der Waals surface area (Å²) in [5, 5.41) is 12.0. The van der Waals surface area contributed by atoms with Gasteiger partial charge < -0.3 is 20.1 Å². The molecule has 2 aromatic rings. The molecule has 1 aliphatic heterocycles. The van der Waals surface area contributed by atoms with Crippen LogP contribution in [0.3, 0.4) is 0 Å². The number of fused-ring (bicyclic) bond motifs is 3. The Kier molecular flexibility index (Phi) is 7.20. The van der Waals surface area contributed by atoms with E-state index in [0.29, 0.717) is 13.0 Å². The van der Waals surface area contributed by atoms with Crippen molar-refractivity contribution in [1.29, 1.82) is 0 Å². The molecule has 7 heteroatoms. The molecule has 180 valence electrons. The number of nitrogens with one attached hydrogen (secondary N) is 1. The number of piperidine rings is 1. The van der Waals surface area contributed by atoms with Crippen LogP contribution in [0.25, 0.3) is 11.1 Å². The SMILES string of the molecule is CC(NC(=O)OCC1c2ccccc2-c2ccccc21)C(C)C(=O)N1CCCCC1CC(=O)O. The lowest BCUT2D eigenvalue weighted by molar-refractivity contribution is -0.144. The third kappa shape index (κ3) is 4.93. The van der Waals surface area contributed by atoms with E-state index in [2.05, 4.69) is 29.6 Å². The number of carboxylic acids is 1. The van der Waals surface area contributed by atoms with Gasteiger partial charge in [0.15, 0.2) is 0 Å². The van der Waals surface area contributed by atoms with Gasteiger partial charge in [-0.1, -0.05) is 55.5 Å². The second kappa shape index (κ2) is 10.3. The summed E-state index contributed by atoms with van der Waals surface area (Å²) in [5.41, 5.74) is 4.61. The van der Waals surface area contributed by atoms with Crippen molar-refractivity contribution in [2.45, 2.75) is 57.5 Å². The fourth-order valence-corrected chi connectivity index (χ4v) is 5.13. The van der Waals surface area contributed by atoms with Gasteiger partial charge in [0.25, 0.3) is 0 Å². The normalized spacial score (nSPS) is 19.0. The van der Waals surface area contributed by atoms with Gasteiger partial charge in [0.2, 0.25) is 5.91 Å². The van der Waals surface area contributed by atoms with Gasteiger partial charge in [0.05, 0.1) is 12.3 Å². The topological polar surface area (TPSA) is 95.9 Å². The number of nitrogens with zero attached hydrogens (tertiary/aromatic N) is 1. The van der Waals surface area contributed by atoms with Gasteiger partial charge >= 0.3 is 12.1 Å². The number of ether oxygens (including phenoxy) is 1. The van der Waals surface area contributed by atoms with Crippen LogP contribution in [-0.4, -0.2) is 53.2 Å². The van der Waals surface area contributed by atoms with E-state index in [0.717, 1.165) is 35.1 Å². The number of alkyl carbamates (subject to hydrolysis) is 1. The maximum absolute atomic E-state index is 13.1. The van der Waals surface area contributed by atoms with Crippen molar-refractivity contribution in [3.63, 3.8) is 0 Å². The highest BCUT2D eigenvalue weighted by molar-refractivity contribution is 5.81. The van der Waals surface area contributed by atoms with Crippen LogP contribution in [0.2, 0.25) is 0 Å². The summed E-state index contributed by atoms with van der Waals surface area (Å²) in [6.45, 7) is 4.31. The van der Waals surface area contributed by atoms with Crippen molar-refractivity contribution >= 4 is 18.0 Å². The molecule has 0 spiro atoms. The van der Waals surface area contributed by atoms with Gasteiger partial charge in [-0.15, -0.1) is 0 Å². The molecule has 1 aliphatic carbocycles. The number of carbonyl (C=O) groups excluding carboxylic acids is 2. The van der Waals surface area contributed by atoms with Gasteiger partial charge in [0, 0.05) is 24.5 Å². The van der Waals surface area contributed by atoms with E-state index in [1.807, 2.05) is 24.3 Å². The van der Waals surface area contributed by atoms with Crippen molar-refractivity contribution in [3.8, 4) is 11.1 Å². The Morgan fingerprint density at radius 3 is 2.26 bits per heavy atom. The Morgan fingerprint density at radius 2 is 1.65 bits per heavy atom. The molecule has 0 aromatic heterocycles. The van der Waals surface area contributed by atoms with Crippen LogP contribution in [-0.2, 0) is 14.3 Å². The molecule has 2 aromatic carbocycles. The molecular weight excluding hydrogens is 432 g/mol. The van der Waals surface area contributed by atoms with Crippen molar-refractivity contribution in [2.24, 2.45) is 5.92 Å². The van der Waals surface area contributed by atoms with E-state index in [9.17, 15) is 19.5 Å². The van der Waals surface area contributed by atoms with Crippen molar-refractivity contribution in [3.05, 3.63) is 59.7 Å². The molecule has 3 unspecified atom stereocenters. The van der Waals surface area contributed by atoms with Crippen LogP contribution >= 0.6 is 0 Å². The maximum atomic E-state index is 13.1. The van der Waals surface area contributed by atoms with Gasteiger partial charge in [-0.2, -0.15) is 0 Å². The molecule has 34 heavy (non-hydrogen) atoms. The molecule has 7 nitrogen and oxygen atoms in total. The summed E-state index contributed by atoms with van der Waals surface area (Å²) >= 11 is 0. The summed E-state index contributed by atoms with van der Waals surface area (Å²) in [5.74, 6) is -1.55. The van der Waals surface area contributed by atoms with Crippen LogP contribution in [0.1, 0.15) is 56.6 Å². The molecular formula is C27H32N2O5. The molecule has 0 saturated carbocycles. The summed E-state index contributed by atoms with van der Waals surface area (Å²) in [6, 6.07) is 15.6. The number of carbonyl (C=O) groups is 3. The highest BCUT2D eigenvalue weighted by atomic mass is 16.5. The zero-order valence-corrected chi connectivity index (χ0v) is 19.7.